The highest BCUT2D eigenvalue weighted by Crippen LogP contribution is 2.25. The summed E-state index contributed by atoms with van der Waals surface area (Å²) in [5.74, 6) is 1.12. The van der Waals surface area contributed by atoms with Crippen LogP contribution in [0.5, 0.6) is 0 Å². The topological polar surface area (TPSA) is 86.3 Å². The maximum absolute atomic E-state index is 12.6. The highest BCUT2D eigenvalue weighted by atomic mass is 32.2. The van der Waals surface area contributed by atoms with Gasteiger partial charge in [0.2, 0.25) is 5.91 Å². The number of hydrogen-bond donors (Lipinski definition) is 1. The Kier molecular flexibility index (Phi) is 4.58. The Hall–Kier alpha value is -2.72. The molecule has 1 aromatic carbocycles. The lowest BCUT2D eigenvalue weighted by Crippen LogP contribution is -2.44. The molecule has 1 saturated heterocycles. The predicted molar refractivity (Wildman–Crippen MR) is 90.5 cm³/mol. The molecular formula is C17H15N3O3S. The zero-order chi connectivity index (χ0) is 17.1. The summed E-state index contributed by atoms with van der Waals surface area (Å²) in [6.45, 7) is 1.72. The van der Waals surface area contributed by atoms with Gasteiger partial charge in [0.25, 0.3) is 5.91 Å². The number of amides is 2. The lowest BCUT2D eigenvalue weighted by Gasteiger charge is -2.22. The van der Waals surface area contributed by atoms with Crippen LogP contribution in [-0.4, -0.2) is 34.4 Å². The van der Waals surface area contributed by atoms with Gasteiger partial charge in [0.15, 0.2) is 0 Å². The van der Waals surface area contributed by atoms with Crippen molar-refractivity contribution in [1.82, 2.24) is 4.90 Å². The van der Waals surface area contributed by atoms with Gasteiger partial charge in [-0.05, 0) is 37.3 Å². The Balaban J connectivity index is 1.72. The molecule has 0 saturated carbocycles. The van der Waals surface area contributed by atoms with E-state index < -0.39 is 6.04 Å². The van der Waals surface area contributed by atoms with Crippen LogP contribution in [0.2, 0.25) is 0 Å². The van der Waals surface area contributed by atoms with Crippen LogP contribution in [0.4, 0.5) is 5.69 Å². The zero-order valence-electron chi connectivity index (χ0n) is 13.0. The first-order valence-corrected chi connectivity index (χ1v) is 8.49. The van der Waals surface area contributed by atoms with E-state index in [1.807, 2.05) is 6.07 Å². The molecule has 7 heteroatoms. The van der Waals surface area contributed by atoms with E-state index in [9.17, 15) is 9.59 Å². The van der Waals surface area contributed by atoms with Crippen molar-refractivity contribution < 1.29 is 14.0 Å². The summed E-state index contributed by atoms with van der Waals surface area (Å²) in [7, 11) is 0. The molecule has 0 spiro atoms. The lowest BCUT2D eigenvalue weighted by molar-refractivity contribution is -0.119. The average Bonchev–Trinajstić information content (AvgIpc) is 3.24. The van der Waals surface area contributed by atoms with E-state index >= 15 is 0 Å². The number of anilines is 1. The molecule has 1 atom stereocenters. The minimum absolute atomic E-state index is 0.203. The number of nitrogens with one attached hydrogen (secondary N) is 1. The van der Waals surface area contributed by atoms with Crippen LogP contribution in [0.15, 0.2) is 41.0 Å². The molecule has 2 heterocycles. The molecule has 24 heavy (non-hydrogen) atoms. The van der Waals surface area contributed by atoms with Gasteiger partial charge in [-0.2, -0.15) is 5.26 Å². The number of nitriles is 1. The third-order valence-electron chi connectivity index (χ3n) is 3.82. The zero-order valence-corrected chi connectivity index (χ0v) is 13.8. The number of rotatable bonds is 3. The Morgan fingerprint density at radius 2 is 2.08 bits per heavy atom. The van der Waals surface area contributed by atoms with E-state index in [1.165, 1.54) is 18.0 Å². The van der Waals surface area contributed by atoms with Crippen molar-refractivity contribution in [3.63, 3.8) is 0 Å². The van der Waals surface area contributed by atoms with Gasteiger partial charge >= 0.3 is 0 Å². The number of carbonyl (C=O) groups is 2. The molecule has 3 rings (SSSR count). The minimum atomic E-state index is -0.535. The van der Waals surface area contributed by atoms with Gasteiger partial charge in [0.1, 0.15) is 11.8 Å². The first-order chi connectivity index (χ1) is 11.6. The quantitative estimate of drug-likeness (QED) is 0.927. The van der Waals surface area contributed by atoms with Gasteiger partial charge in [-0.15, -0.1) is 11.8 Å². The minimum Gasteiger partial charge on any atom is -0.469 e. The van der Waals surface area contributed by atoms with Crippen LogP contribution in [0.25, 0.3) is 0 Å². The standard InChI is InChI=1S/C17H15N3O3S/c1-11-14(6-7-23-11)17(22)20-10-24-9-15(20)16(21)19-13-4-2-12(8-18)3-5-13/h2-7,15H,9-10H2,1H3,(H,19,21)/t15-/m1/s1. The Bertz CT molecular complexity index is 807. The normalized spacial score (nSPS) is 16.7. The number of benzene rings is 1. The maximum atomic E-state index is 12.6. The van der Waals surface area contributed by atoms with Crippen molar-refractivity contribution in [2.75, 3.05) is 16.9 Å². The molecule has 1 fully saturated rings. The fourth-order valence-corrected chi connectivity index (χ4v) is 3.63. The molecule has 2 amide bonds. The first kappa shape index (κ1) is 16.1. The van der Waals surface area contributed by atoms with E-state index in [2.05, 4.69) is 5.32 Å². The largest absolute Gasteiger partial charge is 0.469 e. The number of hydrogen-bond acceptors (Lipinski definition) is 5. The molecule has 1 aliphatic rings. The van der Waals surface area contributed by atoms with Crippen molar-refractivity contribution in [1.29, 1.82) is 5.26 Å². The van der Waals surface area contributed by atoms with Gasteiger partial charge in [0.05, 0.1) is 29.3 Å². The molecular weight excluding hydrogens is 326 g/mol. The number of furan rings is 1. The summed E-state index contributed by atoms with van der Waals surface area (Å²) in [6.07, 6.45) is 1.47. The van der Waals surface area contributed by atoms with Gasteiger partial charge in [0, 0.05) is 11.4 Å². The van der Waals surface area contributed by atoms with Crippen molar-refractivity contribution in [2.24, 2.45) is 0 Å². The van der Waals surface area contributed by atoms with E-state index in [4.69, 9.17) is 9.68 Å². The second-order valence-electron chi connectivity index (χ2n) is 5.36. The van der Waals surface area contributed by atoms with E-state index in [1.54, 1.807) is 42.2 Å². The number of thioether (sulfide) groups is 1. The molecule has 0 bridgehead atoms. The molecule has 6 nitrogen and oxygen atoms in total. The molecule has 1 N–H and O–H groups in total. The Morgan fingerprint density at radius 3 is 2.71 bits per heavy atom. The summed E-state index contributed by atoms with van der Waals surface area (Å²) < 4.78 is 5.18. The summed E-state index contributed by atoms with van der Waals surface area (Å²) >= 11 is 1.54. The fourth-order valence-electron chi connectivity index (χ4n) is 2.48. The van der Waals surface area contributed by atoms with Crippen LogP contribution in [-0.2, 0) is 4.79 Å². The molecule has 1 aromatic heterocycles. The fraction of sp³-hybridized carbons (Fsp3) is 0.235. The third-order valence-corrected chi connectivity index (χ3v) is 4.83. The lowest BCUT2D eigenvalue weighted by atomic mass is 10.2. The first-order valence-electron chi connectivity index (χ1n) is 7.34. The highest BCUT2D eigenvalue weighted by molar-refractivity contribution is 7.99. The molecule has 0 unspecified atom stereocenters. The predicted octanol–water partition coefficient (Wildman–Crippen LogP) is 2.61. The van der Waals surface area contributed by atoms with Gasteiger partial charge < -0.3 is 14.6 Å². The second-order valence-corrected chi connectivity index (χ2v) is 6.36. The van der Waals surface area contributed by atoms with E-state index in [0.717, 1.165) is 0 Å². The molecule has 122 valence electrons. The molecule has 2 aromatic rings. The Labute approximate surface area is 143 Å². The van der Waals surface area contributed by atoms with Crippen LogP contribution in [0.1, 0.15) is 21.7 Å². The number of carbonyl (C=O) groups excluding carboxylic acids is 2. The second kappa shape index (κ2) is 6.81. The summed E-state index contributed by atoms with van der Waals surface area (Å²) in [5.41, 5.74) is 1.60. The van der Waals surface area contributed by atoms with Crippen LogP contribution in [0, 0.1) is 18.3 Å². The maximum Gasteiger partial charge on any atom is 0.258 e. The number of aryl methyl sites for hydroxylation is 1. The van der Waals surface area contributed by atoms with Gasteiger partial charge in [-0.3, -0.25) is 9.59 Å². The van der Waals surface area contributed by atoms with Crippen molar-refractivity contribution >= 4 is 29.3 Å². The van der Waals surface area contributed by atoms with Crippen LogP contribution < -0.4 is 5.32 Å². The van der Waals surface area contributed by atoms with Crippen molar-refractivity contribution in [3.05, 3.63) is 53.5 Å². The summed E-state index contributed by atoms with van der Waals surface area (Å²) in [6, 6.07) is 9.73. The summed E-state index contributed by atoms with van der Waals surface area (Å²) in [5, 5.41) is 11.6. The summed E-state index contributed by atoms with van der Waals surface area (Å²) in [4.78, 5) is 26.7. The third kappa shape index (κ3) is 3.14. The van der Waals surface area contributed by atoms with E-state index in [0.29, 0.717) is 34.2 Å². The molecule has 0 aliphatic carbocycles. The monoisotopic (exact) mass is 341 g/mol. The smallest absolute Gasteiger partial charge is 0.258 e. The SMILES string of the molecule is Cc1occc1C(=O)N1CSC[C@@H]1C(=O)Nc1ccc(C#N)cc1. The van der Waals surface area contributed by atoms with Crippen LogP contribution in [0.3, 0.4) is 0 Å². The van der Waals surface area contributed by atoms with Crippen molar-refractivity contribution in [2.45, 2.75) is 13.0 Å². The molecule has 1 aliphatic heterocycles. The van der Waals surface area contributed by atoms with E-state index in [-0.39, 0.29) is 11.8 Å². The molecule has 0 radical (unpaired) electrons. The van der Waals surface area contributed by atoms with Gasteiger partial charge in [-0.25, -0.2) is 0 Å². The van der Waals surface area contributed by atoms with Crippen LogP contribution >= 0.6 is 11.8 Å². The number of nitrogens with zero attached hydrogens (tertiary/aromatic N) is 2. The van der Waals surface area contributed by atoms with Crippen molar-refractivity contribution in [3.8, 4) is 6.07 Å². The highest BCUT2D eigenvalue weighted by Gasteiger charge is 2.36. The Morgan fingerprint density at radius 1 is 1.33 bits per heavy atom. The average molecular weight is 341 g/mol. The van der Waals surface area contributed by atoms with Gasteiger partial charge in [-0.1, -0.05) is 0 Å².